The highest BCUT2D eigenvalue weighted by molar-refractivity contribution is 5.29. The second-order valence-electron chi connectivity index (χ2n) is 3.73. The Labute approximate surface area is 98.0 Å². The Morgan fingerprint density at radius 2 is 2.31 bits per heavy atom. The Bertz CT molecular complexity index is 354. The van der Waals surface area contributed by atoms with Crippen molar-refractivity contribution < 1.29 is 4.74 Å². The van der Waals surface area contributed by atoms with Gasteiger partial charge in [-0.3, -0.25) is 0 Å². The normalized spacial score (nSPS) is 11.8. The van der Waals surface area contributed by atoms with Crippen LogP contribution in [0.5, 0.6) is 5.75 Å². The molecule has 0 aliphatic rings. The maximum Gasteiger partial charge on any atom is 0.119 e. The minimum absolute atomic E-state index is 0.104. The zero-order chi connectivity index (χ0) is 11.8. The molecule has 0 saturated heterocycles. The summed E-state index contributed by atoms with van der Waals surface area (Å²) in [6.45, 7) is 3.09. The number of nitrogens with one attached hydrogen (secondary N) is 1. The minimum atomic E-state index is 0.104. The first-order chi connectivity index (χ1) is 7.80. The van der Waals surface area contributed by atoms with E-state index in [-0.39, 0.29) is 6.04 Å². The van der Waals surface area contributed by atoms with Gasteiger partial charge in [0.25, 0.3) is 0 Å². The third-order valence-corrected chi connectivity index (χ3v) is 2.42. The van der Waals surface area contributed by atoms with Crippen molar-refractivity contribution in [2.45, 2.75) is 25.8 Å². The fourth-order valence-electron chi connectivity index (χ4n) is 1.54. The van der Waals surface area contributed by atoms with Gasteiger partial charge in [-0.2, -0.15) is 0 Å². The average Bonchev–Trinajstić information content (AvgIpc) is 2.34. The van der Waals surface area contributed by atoms with Gasteiger partial charge in [-0.1, -0.05) is 25.0 Å². The predicted molar refractivity (Wildman–Crippen MR) is 67.6 cm³/mol. The third-order valence-electron chi connectivity index (χ3n) is 2.42. The van der Waals surface area contributed by atoms with Crippen molar-refractivity contribution in [2.75, 3.05) is 13.7 Å². The van der Waals surface area contributed by atoms with Crippen molar-refractivity contribution in [3.05, 3.63) is 29.8 Å². The van der Waals surface area contributed by atoms with Crippen LogP contribution in [0.4, 0.5) is 0 Å². The van der Waals surface area contributed by atoms with Crippen LogP contribution in [-0.2, 0) is 6.42 Å². The number of hydrogen-bond donors (Lipinski definition) is 1. The number of methoxy groups -OCH3 is 1. The fourth-order valence-corrected chi connectivity index (χ4v) is 1.54. The molecule has 0 aliphatic heterocycles. The van der Waals surface area contributed by atoms with Crippen LogP contribution in [0.2, 0.25) is 0 Å². The zero-order valence-corrected chi connectivity index (χ0v) is 9.99. The first-order valence-corrected chi connectivity index (χ1v) is 5.62. The monoisotopic (exact) mass is 217 g/mol. The molecule has 0 amide bonds. The van der Waals surface area contributed by atoms with Gasteiger partial charge in [0.1, 0.15) is 5.75 Å². The first kappa shape index (κ1) is 12.6. The lowest BCUT2D eigenvalue weighted by molar-refractivity contribution is 0.414. The molecule has 1 N–H and O–H groups in total. The van der Waals surface area contributed by atoms with Crippen LogP contribution in [0.1, 0.15) is 18.9 Å². The molecule has 0 fully saturated rings. The van der Waals surface area contributed by atoms with Gasteiger partial charge in [-0.25, -0.2) is 0 Å². The Balaban J connectivity index is 2.59. The first-order valence-electron chi connectivity index (χ1n) is 5.62. The molecule has 1 aromatic carbocycles. The summed E-state index contributed by atoms with van der Waals surface area (Å²) in [7, 11) is 1.67. The van der Waals surface area contributed by atoms with Crippen molar-refractivity contribution in [3.63, 3.8) is 0 Å². The lowest BCUT2D eigenvalue weighted by Crippen LogP contribution is -2.30. The van der Waals surface area contributed by atoms with E-state index in [4.69, 9.17) is 11.2 Å². The lowest BCUT2D eigenvalue weighted by Gasteiger charge is -2.12. The number of hydrogen-bond acceptors (Lipinski definition) is 2. The fraction of sp³-hybridized carbons (Fsp3) is 0.429. The Kier molecular flexibility index (Phi) is 5.45. The SMILES string of the molecule is C#CC(Cc1cccc(OC)c1)NCCC. The predicted octanol–water partition coefficient (Wildman–Crippen LogP) is 2.24. The highest BCUT2D eigenvalue weighted by Gasteiger charge is 2.05. The molecule has 0 aromatic heterocycles. The molecule has 0 saturated carbocycles. The molecule has 1 rings (SSSR count). The van der Waals surface area contributed by atoms with Crippen molar-refractivity contribution in [2.24, 2.45) is 0 Å². The molecular formula is C14H19NO. The molecule has 16 heavy (non-hydrogen) atoms. The number of rotatable bonds is 6. The zero-order valence-electron chi connectivity index (χ0n) is 9.99. The summed E-state index contributed by atoms with van der Waals surface area (Å²) in [5.41, 5.74) is 1.20. The smallest absolute Gasteiger partial charge is 0.119 e. The number of ether oxygens (including phenoxy) is 1. The highest BCUT2D eigenvalue weighted by Crippen LogP contribution is 2.13. The van der Waals surface area contributed by atoms with Gasteiger partial charge in [0.15, 0.2) is 0 Å². The Morgan fingerprint density at radius 1 is 1.50 bits per heavy atom. The molecule has 0 bridgehead atoms. The highest BCUT2D eigenvalue weighted by atomic mass is 16.5. The van der Waals surface area contributed by atoms with E-state index < -0.39 is 0 Å². The van der Waals surface area contributed by atoms with Crippen LogP contribution in [-0.4, -0.2) is 19.7 Å². The molecule has 0 heterocycles. The molecule has 1 atom stereocenters. The van der Waals surface area contributed by atoms with Gasteiger partial charge in [0, 0.05) is 0 Å². The molecule has 0 radical (unpaired) electrons. The lowest BCUT2D eigenvalue weighted by atomic mass is 10.1. The maximum atomic E-state index is 5.49. The number of benzene rings is 1. The summed E-state index contributed by atoms with van der Waals surface area (Å²) in [5.74, 6) is 3.65. The van der Waals surface area contributed by atoms with Gasteiger partial charge < -0.3 is 10.1 Å². The van der Waals surface area contributed by atoms with Crippen LogP contribution in [0, 0.1) is 12.3 Å². The van der Waals surface area contributed by atoms with E-state index in [1.165, 1.54) is 5.56 Å². The van der Waals surface area contributed by atoms with E-state index in [1.807, 2.05) is 18.2 Å². The van der Waals surface area contributed by atoms with Gasteiger partial charge >= 0.3 is 0 Å². The Hall–Kier alpha value is -1.46. The third kappa shape index (κ3) is 3.96. The summed E-state index contributed by atoms with van der Waals surface area (Å²) in [4.78, 5) is 0. The molecule has 2 heteroatoms. The summed E-state index contributed by atoms with van der Waals surface area (Å²) in [5, 5.41) is 3.33. The van der Waals surface area contributed by atoms with Crippen molar-refractivity contribution in [1.29, 1.82) is 0 Å². The van der Waals surface area contributed by atoms with E-state index in [0.29, 0.717) is 0 Å². The van der Waals surface area contributed by atoms with E-state index in [2.05, 4.69) is 24.2 Å². The standard InChI is InChI=1S/C14H19NO/c1-4-9-15-13(5-2)10-12-7-6-8-14(11-12)16-3/h2,6-8,11,13,15H,4,9-10H2,1,3H3. The van der Waals surface area contributed by atoms with Crippen LogP contribution < -0.4 is 10.1 Å². The average molecular weight is 217 g/mol. The summed E-state index contributed by atoms with van der Waals surface area (Å²) in [6, 6.07) is 8.13. The van der Waals surface area contributed by atoms with Crippen molar-refractivity contribution >= 4 is 0 Å². The summed E-state index contributed by atoms with van der Waals surface area (Å²) >= 11 is 0. The summed E-state index contributed by atoms with van der Waals surface area (Å²) < 4.78 is 5.18. The van der Waals surface area contributed by atoms with E-state index in [0.717, 1.165) is 25.1 Å². The molecule has 1 unspecified atom stereocenters. The Morgan fingerprint density at radius 3 is 2.94 bits per heavy atom. The number of terminal acetylenes is 1. The van der Waals surface area contributed by atoms with Crippen molar-refractivity contribution in [3.8, 4) is 18.1 Å². The van der Waals surface area contributed by atoms with Crippen LogP contribution in [0.25, 0.3) is 0 Å². The molecule has 86 valence electrons. The van der Waals surface area contributed by atoms with E-state index in [9.17, 15) is 0 Å². The minimum Gasteiger partial charge on any atom is -0.497 e. The second kappa shape index (κ2) is 6.92. The van der Waals surface area contributed by atoms with Crippen LogP contribution in [0.15, 0.2) is 24.3 Å². The van der Waals surface area contributed by atoms with Gasteiger partial charge in [-0.15, -0.1) is 6.42 Å². The molecule has 0 aliphatic carbocycles. The quantitative estimate of drug-likeness (QED) is 0.738. The largest absolute Gasteiger partial charge is 0.497 e. The van der Waals surface area contributed by atoms with Crippen molar-refractivity contribution in [1.82, 2.24) is 5.32 Å². The van der Waals surface area contributed by atoms with Gasteiger partial charge in [0.2, 0.25) is 0 Å². The molecule has 0 spiro atoms. The molecular weight excluding hydrogens is 198 g/mol. The van der Waals surface area contributed by atoms with Crippen LogP contribution in [0.3, 0.4) is 0 Å². The van der Waals surface area contributed by atoms with E-state index in [1.54, 1.807) is 7.11 Å². The topological polar surface area (TPSA) is 21.3 Å². The van der Waals surface area contributed by atoms with Gasteiger partial charge in [-0.05, 0) is 37.1 Å². The van der Waals surface area contributed by atoms with E-state index >= 15 is 0 Å². The maximum absolute atomic E-state index is 5.49. The molecule has 2 nitrogen and oxygen atoms in total. The molecule has 1 aromatic rings. The van der Waals surface area contributed by atoms with Gasteiger partial charge in [0.05, 0.1) is 13.2 Å². The van der Waals surface area contributed by atoms with Crippen LogP contribution >= 0.6 is 0 Å². The second-order valence-corrected chi connectivity index (χ2v) is 3.73. The summed E-state index contributed by atoms with van der Waals surface area (Å²) in [6.07, 6.45) is 7.42.